The Morgan fingerprint density at radius 2 is 0.483 bits per heavy atom. The Labute approximate surface area is 517 Å². The Morgan fingerprint density at radius 3 is 0.742 bits per heavy atom. The predicted octanol–water partition coefficient (Wildman–Crippen LogP) is 18.6. The molecule has 2 aliphatic rings. The lowest BCUT2D eigenvalue weighted by Gasteiger charge is -2.47. The molecule has 89 heavy (non-hydrogen) atoms. The summed E-state index contributed by atoms with van der Waals surface area (Å²) in [6, 6.07) is 112. The first kappa shape index (κ1) is 53.2. The van der Waals surface area contributed by atoms with E-state index in [1.54, 1.807) is 6.07 Å². The van der Waals surface area contributed by atoms with E-state index in [1.165, 1.54) is 0 Å². The van der Waals surface area contributed by atoms with Gasteiger partial charge >= 0.3 is 0 Å². The molecule has 6 nitrogen and oxygen atoms in total. The Hall–Kier alpha value is -12.5. The van der Waals surface area contributed by atoms with Crippen LogP contribution in [0.2, 0.25) is 0 Å². The van der Waals surface area contributed by atoms with Gasteiger partial charge in [-0.1, -0.05) is 267 Å². The monoisotopic (exact) mass is 1130 g/mol. The molecule has 0 aliphatic carbocycles. The first-order chi connectivity index (χ1) is 44.0. The van der Waals surface area contributed by atoms with Crippen LogP contribution in [0.4, 0.5) is 34.1 Å². The van der Waals surface area contributed by atoms with Crippen molar-refractivity contribution in [2.75, 3.05) is 9.80 Å². The van der Waals surface area contributed by atoms with Crippen molar-refractivity contribution in [3.05, 3.63) is 320 Å². The SMILES string of the molecule is N#Cc1cc(C#N)c2c3c1N(c1c(-c4ccccc4)cc(-c4ccccc4)cc1-c1ccccc1)c1c(ccc(-c4ccccc4)c1C#N)B3c1ccc(-c3ccccc3)c(C#N)c1N2c1c(-c2ccccc2)cc(-c2ccccc2)cc1-c1ccccc1. The molecule has 13 aromatic rings. The second-order valence-electron chi connectivity index (χ2n) is 22.3. The van der Waals surface area contributed by atoms with E-state index >= 15 is 0 Å². The van der Waals surface area contributed by atoms with E-state index in [0.29, 0.717) is 50.5 Å². The number of hydrogen-bond donors (Lipinski definition) is 0. The van der Waals surface area contributed by atoms with Crippen molar-refractivity contribution in [2.24, 2.45) is 0 Å². The molecule has 0 unspecified atom stereocenters. The zero-order valence-corrected chi connectivity index (χ0v) is 48.1. The molecule has 0 fully saturated rings. The zero-order chi connectivity index (χ0) is 60.0. The quantitative estimate of drug-likeness (QED) is 0.126. The van der Waals surface area contributed by atoms with E-state index < -0.39 is 6.71 Å². The third-order valence-electron chi connectivity index (χ3n) is 17.4. The lowest BCUT2D eigenvalue weighted by molar-refractivity contribution is 1.23. The average Bonchev–Trinajstić information content (AvgIpc) is 0.685. The summed E-state index contributed by atoms with van der Waals surface area (Å²) in [5.74, 6) is 0. The van der Waals surface area contributed by atoms with Gasteiger partial charge in [0.25, 0.3) is 6.71 Å². The molecule has 0 bridgehead atoms. The van der Waals surface area contributed by atoms with Crippen LogP contribution >= 0.6 is 0 Å². The lowest BCUT2D eigenvalue weighted by Crippen LogP contribution is -2.62. The van der Waals surface area contributed by atoms with E-state index in [9.17, 15) is 21.0 Å². The first-order valence-electron chi connectivity index (χ1n) is 29.6. The molecule has 2 heterocycles. The van der Waals surface area contributed by atoms with Crippen molar-refractivity contribution >= 4 is 57.2 Å². The van der Waals surface area contributed by atoms with Crippen LogP contribution in [0.5, 0.6) is 0 Å². The number of fused-ring (bicyclic) bond motifs is 4. The van der Waals surface area contributed by atoms with Crippen LogP contribution in [0, 0.1) is 45.3 Å². The molecule has 0 N–H and O–H groups in total. The van der Waals surface area contributed by atoms with Gasteiger partial charge in [0.2, 0.25) is 0 Å². The molecule has 0 saturated heterocycles. The summed E-state index contributed by atoms with van der Waals surface area (Å²) in [6.07, 6.45) is 0. The van der Waals surface area contributed by atoms with Gasteiger partial charge in [0, 0.05) is 33.4 Å². The van der Waals surface area contributed by atoms with Crippen LogP contribution < -0.4 is 26.2 Å². The van der Waals surface area contributed by atoms with Crippen LogP contribution in [-0.4, -0.2) is 6.71 Å². The van der Waals surface area contributed by atoms with Gasteiger partial charge in [0.1, 0.15) is 24.3 Å². The summed E-state index contributed by atoms with van der Waals surface area (Å²) < 4.78 is 0. The second kappa shape index (κ2) is 22.5. The van der Waals surface area contributed by atoms with Crippen molar-refractivity contribution in [1.29, 1.82) is 21.0 Å². The van der Waals surface area contributed by atoms with Crippen molar-refractivity contribution in [2.45, 2.75) is 0 Å². The summed E-state index contributed by atoms with van der Waals surface area (Å²) in [4.78, 5) is 4.38. The van der Waals surface area contributed by atoms with Gasteiger partial charge in [-0.25, -0.2) is 0 Å². The Bertz CT molecular complexity index is 4650. The molecule has 410 valence electrons. The van der Waals surface area contributed by atoms with Crippen LogP contribution in [0.25, 0.3) is 89.0 Å². The molecule has 0 atom stereocenters. The summed E-state index contributed by atoms with van der Waals surface area (Å²) in [5, 5.41) is 48.8. The highest BCUT2D eigenvalue weighted by molar-refractivity contribution is 7.00. The van der Waals surface area contributed by atoms with E-state index in [0.717, 1.165) is 100 Å². The second-order valence-corrected chi connectivity index (χ2v) is 22.3. The minimum Gasteiger partial charge on any atom is -0.307 e. The normalized spacial score (nSPS) is 11.7. The Balaban J connectivity index is 1.18. The van der Waals surface area contributed by atoms with Gasteiger partial charge in [0.05, 0.1) is 56.4 Å². The molecule has 7 heteroatoms. The van der Waals surface area contributed by atoms with Crippen molar-refractivity contribution < 1.29 is 0 Å². The maximum atomic E-state index is 12.2. The lowest BCUT2D eigenvalue weighted by atomic mass is 9.32. The minimum atomic E-state index is -0.750. The van der Waals surface area contributed by atoms with Crippen LogP contribution in [0.1, 0.15) is 22.3 Å². The number of anilines is 6. The zero-order valence-electron chi connectivity index (χ0n) is 48.1. The van der Waals surface area contributed by atoms with E-state index in [1.807, 2.05) is 182 Å². The highest BCUT2D eigenvalue weighted by Crippen LogP contribution is 2.57. The van der Waals surface area contributed by atoms with Crippen LogP contribution in [0.15, 0.2) is 297 Å². The maximum Gasteiger partial charge on any atom is 0.252 e. The number of hydrogen-bond acceptors (Lipinski definition) is 6. The van der Waals surface area contributed by atoms with E-state index in [2.05, 4.69) is 143 Å². The van der Waals surface area contributed by atoms with Crippen molar-refractivity contribution in [3.8, 4) is 113 Å². The molecule has 15 rings (SSSR count). The van der Waals surface area contributed by atoms with E-state index in [-0.39, 0.29) is 11.1 Å². The molecule has 2 aliphatic heterocycles. The molecule has 13 aromatic carbocycles. The maximum absolute atomic E-state index is 12.2. The Kier molecular flexibility index (Phi) is 13.4. The first-order valence-corrected chi connectivity index (χ1v) is 29.6. The number of nitrogens with zero attached hydrogens (tertiary/aromatic N) is 6. The molecular weight excluding hydrogens is 1080 g/mol. The molecular formula is C82H49BN6. The van der Waals surface area contributed by atoms with Gasteiger partial charge < -0.3 is 9.80 Å². The standard InChI is InChI=1S/C82H49BN6/c84-50-64-45-65(51-85)78-76-77(64)88(79-68(58-33-17-5-18-34-58)46-62(54-25-9-1-10-26-54)47-69(79)59-35-19-6-20-36-59)81-72(52-86)66(56-29-13-3-14-30-56)41-43-74(81)83(76)75-44-42-67(57-31-15-4-16-32-57)73(53-87)82(75)89(78)80-70(60-37-21-7-22-38-60)48-63(55-27-11-2-12-28-55)49-71(80)61-39-23-8-24-40-61/h1-49H. The molecule has 0 aromatic heterocycles. The molecule has 0 spiro atoms. The van der Waals surface area contributed by atoms with Crippen LogP contribution in [0.3, 0.4) is 0 Å². The summed E-state index contributed by atoms with van der Waals surface area (Å²) in [7, 11) is 0. The van der Waals surface area contributed by atoms with E-state index in [4.69, 9.17) is 0 Å². The highest BCUT2D eigenvalue weighted by Gasteiger charge is 2.49. The minimum absolute atomic E-state index is 0.242. The van der Waals surface area contributed by atoms with Gasteiger partial charge in [-0.05, 0) is 102 Å². The fourth-order valence-electron chi connectivity index (χ4n) is 13.6. The van der Waals surface area contributed by atoms with Gasteiger partial charge in [-0.3, -0.25) is 0 Å². The summed E-state index contributed by atoms with van der Waals surface area (Å²) in [5.41, 5.74) is 21.4. The fraction of sp³-hybridized carbons (Fsp3) is 0. The van der Waals surface area contributed by atoms with Gasteiger partial charge in [-0.2, -0.15) is 21.0 Å². The Morgan fingerprint density at radius 1 is 0.225 bits per heavy atom. The third-order valence-corrected chi connectivity index (χ3v) is 17.4. The average molecular weight is 1130 g/mol. The predicted molar refractivity (Wildman–Crippen MR) is 363 cm³/mol. The smallest absolute Gasteiger partial charge is 0.252 e. The van der Waals surface area contributed by atoms with Crippen molar-refractivity contribution in [1.82, 2.24) is 0 Å². The fourth-order valence-corrected chi connectivity index (χ4v) is 13.6. The van der Waals surface area contributed by atoms with Gasteiger partial charge in [-0.15, -0.1) is 0 Å². The number of benzene rings is 13. The highest BCUT2D eigenvalue weighted by atomic mass is 15.2. The van der Waals surface area contributed by atoms with Gasteiger partial charge in [0.15, 0.2) is 0 Å². The topological polar surface area (TPSA) is 102 Å². The summed E-state index contributed by atoms with van der Waals surface area (Å²) in [6.45, 7) is -0.750. The largest absolute Gasteiger partial charge is 0.307 e. The number of nitriles is 4. The third kappa shape index (κ3) is 8.94. The summed E-state index contributed by atoms with van der Waals surface area (Å²) >= 11 is 0. The van der Waals surface area contributed by atoms with Crippen LogP contribution in [-0.2, 0) is 0 Å². The molecule has 0 saturated carbocycles. The molecule has 0 amide bonds. The van der Waals surface area contributed by atoms with Crippen molar-refractivity contribution in [3.63, 3.8) is 0 Å². The molecule has 0 radical (unpaired) electrons. The number of rotatable bonds is 10.